The number of methoxy groups -OCH3 is 1. The van der Waals surface area contributed by atoms with E-state index in [-0.39, 0.29) is 17.9 Å². The van der Waals surface area contributed by atoms with Crippen molar-refractivity contribution in [1.29, 1.82) is 0 Å². The fourth-order valence-corrected chi connectivity index (χ4v) is 3.76. The van der Waals surface area contributed by atoms with Gasteiger partial charge in [-0.05, 0) is 36.6 Å². The van der Waals surface area contributed by atoms with Gasteiger partial charge in [0.25, 0.3) is 0 Å². The van der Waals surface area contributed by atoms with Gasteiger partial charge in [-0.3, -0.25) is 14.9 Å². The number of rotatable bonds is 5. The second kappa shape index (κ2) is 5.70. The molecule has 20 heavy (non-hydrogen) atoms. The molecule has 6 nitrogen and oxygen atoms in total. The van der Waals surface area contributed by atoms with Crippen LogP contribution < -0.4 is 4.74 Å². The zero-order chi connectivity index (χ0) is 14.8. The van der Waals surface area contributed by atoms with E-state index in [1.165, 1.54) is 31.0 Å². The van der Waals surface area contributed by atoms with Crippen LogP contribution in [-0.4, -0.2) is 33.6 Å². The quantitative estimate of drug-likeness (QED) is 0.663. The van der Waals surface area contributed by atoms with Crippen LogP contribution in [0.5, 0.6) is 5.75 Å². The van der Waals surface area contributed by atoms with Crippen LogP contribution in [0, 0.1) is 10.1 Å². The van der Waals surface area contributed by atoms with E-state index in [0.29, 0.717) is 12.0 Å². The van der Waals surface area contributed by atoms with Gasteiger partial charge in [-0.15, -0.1) is 11.8 Å². The van der Waals surface area contributed by atoms with Crippen LogP contribution in [0.2, 0.25) is 0 Å². The molecule has 2 rings (SSSR count). The number of carboxylic acids is 1. The van der Waals surface area contributed by atoms with E-state index < -0.39 is 15.6 Å². The number of carboxylic acid groups (broad SMARTS) is 1. The van der Waals surface area contributed by atoms with Gasteiger partial charge in [0.2, 0.25) is 0 Å². The van der Waals surface area contributed by atoms with Crippen LogP contribution in [0.3, 0.4) is 0 Å². The third kappa shape index (κ3) is 2.72. The smallest absolute Gasteiger partial charge is 0.320 e. The first-order chi connectivity index (χ1) is 9.48. The van der Waals surface area contributed by atoms with Crippen LogP contribution in [-0.2, 0) is 11.2 Å². The highest BCUT2D eigenvalue weighted by molar-refractivity contribution is 8.01. The first kappa shape index (κ1) is 14.6. The number of nitrogens with zero attached hydrogens (tertiary/aromatic N) is 1. The van der Waals surface area contributed by atoms with E-state index in [1.807, 2.05) is 0 Å². The van der Waals surface area contributed by atoms with Gasteiger partial charge in [0.1, 0.15) is 4.75 Å². The number of nitro benzene ring substituents is 1. The molecule has 1 aliphatic heterocycles. The van der Waals surface area contributed by atoms with Gasteiger partial charge in [-0.25, -0.2) is 0 Å². The Kier molecular flexibility index (Phi) is 4.17. The van der Waals surface area contributed by atoms with Gasteiger partial charge < -0.3 is 9.84 Å². The molecule has 0 bridgehead atoms. The van der Waals surface area contributed by atoms with E-state index in [0.717, 1.165) is 12.2 Å². The Morgan fingerprint density at radius 3 is 2.85 bits per heavy atom. The fraction of sp³-hybridized carbons (Fsp3) is 0.462. The average molecular weight is 297 g/mol. The molecule has 1 unspecified atom stereocenters. The summed E-state index contributed by atoms with van der Waals surface area (Å²) < 4.78 is 4.08. The van der Waals surface area contributed by atoms with Gasteiger partial charge in [0, 0.05) is 6.07 Å². The Morgan fingerprint density at radius 1 is 1.60 bits per heavy atom. The zero-order valence-electron chi connectivity index (χ0n) is 11.0. The number of hydrogen-bond acceptors (Lipinski definition) is 5. The molecule has 0 radical (unpaired) electrons. The molecule has 0 spiro atoms. The highest BCUT2D eigenvalue weighted by Crippen LogP contribution is 2.42. The predicted octanol–water partition coefficient (Wildman–Crippen LogP) is 2.50. The molecule has 1 aromatic rings. The summed E-state index contributed by atoms with van der Waals surface area (Å²) >= 11 is 1.42. The number of benzene rings is 1. The lowest BCUT2D eigenvalue weighted by Gasteiger charge is -2.22. The molecule has 0 aliphatic carbocycles. The van der Waals surface area contributed by atoms with Crippen molar-refractivity contribution in [1.82, 2.24) is 0 Å². The largest absolute Gasteiger partial charge is 0.490 e. The van der Waals surface area contributed by atoms with Gasteiger partial charge in [0.15, 0.2) is 5.75 Å². The Morgan fingerprint density at radius 2 is 2.35 bits per heavy atom. The molecule has 1 N–H and O–H groups in total. The molecular formula is C13H15NO5S. The number of carbonyl (C=O) groups is 1. The predicted molar refractivity (Wildman–Crippen MR) is 75.4 cm³/mol. The number of hydrogen-bond donors (Lipinski definition) is 1. The van der Waals surface area contributed by atoms with E-state index in [1.54, 1.807) is 6.07 Å². The Bertz CT molecular complexity index is 540. The number of thioether (sulfide) groups is 1. The highest BCUT2D eigenvalue weighted by Gasteiger charge is 2.42. The third-order valence-corrected chi connectivity index (χ3v) is 4.99. The summed E-state index contributed by atoms with van der Waals surface area (Å²) in [6.45, 7) is 0. The number of ether oxygens (including phenoxy) is 1. The van der Waals surface area contributed by atoms with Crippen LogP contribution in [0.1, 0.15) is 18.4 Å². The van der Waals surface area contributed by atoms with Gasteiger partial charge in [-0.2, -0.15) is 0 Å². The van der Waals surface area contributed by atoms with Gasteiger partial charge in [-0.1, -0.05) is 6.07 Å². The zero-order valence-corrected chi connectivity index (χ0v) is 11.8. The molecular weight excluding hydrogens is 282 g/mol. The summed E-state index contributed by atoms with van der Waals surface area (Å²) in [6.07, 6.45) is 1.74. The standard InChI is InChI=1S/C13H15NO5S/c1-19-11-4-3-9(7-10(11)14(17)18)8-13(12(15)16)5-2-6-20-13/h3-4,7H,2,5-6,8H2,1H3,(H,15,16). The molecule has 1 fully saturated rings. The molecule has 0 amide bonds. The van der Waals surface area contributed by atoms with Crippen LogP contribution in [0.25, 0.3) is 0 Å². The summed E-state index contributed by atoms with van der Waals surface area (Å²) in [5, 5.41) is 20.4. The number of aliphatic carboxylic acids is 1. The van der Waals surface area contributed by atoms with Crippen molar-refractivity contribution in [3.8, 4) is 5.75 Å². The Hall–Kier alpha value is -1.76. The summed E-state index contributed by atoms with van der Waals surface area (Å²) in [7, 11) is 1.37. The molecule has 1 atom stereocenters. The average Bonchev–Trinajstić information content (AvgIpc) is 2.88. The van der Waals surface area contributed by atoms with E-state index in [9.17, 15) is 20.0 Å². The lowest BCUT2D eigenvalue weighted by molar-refractivity contribution is -0.385. The van der Waals surface area contributed by atoms with Crippen molar-refractivity contribution in [3.05, 3.63) is 33.9 Å². The Labute approximate surface area is 120 Å². The normalized spacial score (nSPS) is 21.6. The molecule has 1 aliphatic rings. The van der Waals surface area contributed by atoms with Crippen molar-refractivity contribution in [2.45, 2.75) is 24.0 Å². The highest BCUT2D eigenvalue weighted by atomic mass is 32.2. The van der Waals surface area contributed by atoms with Crippen molar-refractivity contribution in [2.75, 3.05) is 12.9 Å². The summed E-state index contributed by atoms with van der Waals surface area (Å²) in [5.41, 5.74) is 0.517. The maximum atomic E-state index is 11.5. The number of nitro groups is 1. The van der Waals surface area contributed by atoms with Crippen molar-refractivity contribution < 1.29 is 19.6 Å². The second-order valence-corrected chi connectivity index (χ2v) is 6.17. The lowest BCUT2D eigenvalue weighted by atomic mass is 9.94. The van der Waals surface area contributed by atoms with Crippen molar-refractivity contribution >= 4 is 23.4 Å². The molecule has 108 valence electrons. The molecule has 1 heterocycles. The van der Waals surface area contributed by atoms with E-state index in [2.05, 4.69) is 0 Å². The Balaban J connectivity index is 2.31. The summed E-state index contributed by atoms with van der Waals surface area (Å²) in [4.78, 5) is 22.0. The van der Waals surface area contributed by atoms with E-state index in [4.69, 9.17) is 4.74 Å². The van der Waals surface area contributed by atoms with Crippen LogP contribution in [0.4, 0.5) is 5.69 Å². The fourth-order valence-electron chi connectivity index (χ4n) is 2.40. The maximum Gasteiger partial charge on any atom is 0.320 e. The minimum absolute atomic E-state index is 0.131. The molecule has 1 aromatic carbocycles. The molecule has 0 aromatic heterocycles. The maximum absolute atomic E-state index is 11.5. The topological polar surface area (TPSA) is 89.7 Å². The monoisotopic (exact) mass is 297 g/mol. The summed E-state index contributed by atoms with van der Waals surface area (Å²) in [5.74, 6) is 0.144. The van der Waals surface area contributed by atoms with E-state index >= 15 is 0 Å². The first-order valence-corrected chi connectivity index (χ1v) is 7.16. The second-order valence-electron chi connectivity index (χ2n) is 4.69. The minimum Gasteiger partial charge on any atom is -0.490 e. The van der Waals surface area contributed by atoms with Crippen LogP contribution in [0.15, 0.2) is 18.2 Å². The SMILES string of the molecule is COc1ccc(CC2(C(=O)O)CCCS2)cc1[N+](=O)[O-]. The molecule has 7 heteroatoms. The lowest BCUT2D eigenvalue weighted by Crippen LogP contribution is -2.34. The first-order valence-electron chi connectivity index (χ1n) is 6.17. The van der Waals surface area contributed by atoms with Gasteiger partial charge >= 0.3 is 11.7 Å². The molecule has 1 saturated heterocycles. The molecule has 0 saturated carbocycles. The van der Waals surface area contributed by atoms with Crippen molar-refractivity contribution in [3.63, 3.8) is 0 Å². The third-order valence-electron chi connectivity index (χ3n) is 3.42. The summed E-state index contributed by atoms with van der Waals surface area (Å²) in [6, 6.07) is 4.61. The van der Waals surface area contributed by atoms with Crippen molar-refractivity contribution in [2.24, 2.45) is 0 Å². The van der Waals surface area contributed by atoms with Crippen LogP contribution >= 0.6 is 11.8 Å². The minimum atomic E-state index is -0.859. The van der Waals surface area contributed by atoms with Gasteiger partial charge in [0.05, 0.1) is 12.0 Å².